The molecule has 2 aromatic heterocycles. The van der Waals surface area contributed by atoms with Gasteiger partial charge in [0.2, 0.25) is 0 Å². The van der Waals surface area contributed by atoms with Gasteiger partial charge >= 0.3 is 5.69 Å². The molecule has 2 heterocycles. The van der Waals surface area contributed by atoms with Crippen LogP contribution in [0.1, 0.15) is 13.8 Å². The summed E-state index contributed by atoms with van der Waals surface area (Å²) in [5.74, 6) is 0.829. The Morgan fingerprint density at radius 1 is 1.24 bits per heavy atom. The van der Waals surface area contributed by atoms with E-state index in [-0.39, 0.29) is 5.92 Å². The third-order valence-electron chi connectivity index (χ3n) is 3.66. The van der Waals surface area contributed by atoms with Gasteiger partial charge in [-0.15, -0.1) is 4.73 Å². The molecule has 7 heteroatoms. The van der Waals surface area contributed by atoms with Crippen LogP contribution in [0.25, 0.3) is 11.0 Å². The summed E-state index contributed by atoms with van der Waals surface area (Å²) in [6.45, 7) is 4.45. The maximum Gasteiger partial charge on any atom is 0.384 e. The number of benzene rings is 1. The van der Waals surface area contributed by atoms with E-state index in [0.717, 1.165) is 15.5 Å². The number of halogens is 1. The SMILES string of the molecule is CC(C)COn1c(=O)nc(N(C)c2ccc(Br)cc2)c2cccnc21. The highest BCUT2D eigenvalue weighted by molar-refractivity contribution is 9.10. The Bertz CT molecular complexity index is 938. The highest BCUT2D eigenvalue weighted by atomic mass is 79.9. The molecule has 0 radical (unpaired) electrons. The molecule has 0 amide bonds. The number of rotatable bonds is 5. The zero-order valence-corrected chi connectivity index (χ0v) is 15.9. The van der Waals surface area contributed by atoms with E-state index in [2.05, 4.69) is 25.9 Å². The predicted octanol–water partition coefficient (Wildman–Crippen LogP) is 3.41. The Morgan fingerprint density at radius 3 is 2.64 bits per heavy atom. The molecular weight excluding hydrogens is 384 g/mol. The lowest BCUT2D eigenvalue weighted by molar-refractivity contribution is 0.0868. The highest BCUT2D eigenvalue weighted by Crippen LogP contribution is 2.27. The lowest BCUT2D eigenvalue weighted by Gasteiger charge is -2.21. The molecule has 0 unspecified atom stereocenters. The summed E-state index contributed by atoms with van der Waals surface area (Å²) in [6, 6.07) is 11.5. The molecule has 0 aliphatic heterocycles. The molecule has 0 fully saturated rings. The third kappa shape index (κ3) is 3.66. The van der Waals surface area contributed by atoms with Crippen LogP contribution in [-0.2, 0) is 0 Å². The van der Waals surface area contributed by atoms with E-state index in [9.17, 15) is 4.79 Å². The van der Waals surface area contributed by atoms with Crippen molar-refractivity contribution in [3.05, 3.63) is 57.6 Å². The molecule has 3 rings (SSSR count). The van der Waals surface area contributed by atoms with Crippen LogP contribution in [0.15, 0.2) is 51.9 Å². The van der Waals surface area contributed by atoms with Gasteiger partial charge in [0.05, 0.1) is 5.39 Å². The standard InChI is InChI=1S/C18H19BrN4O2/c1-12(2)11-25-23-16-15(5-4-10-20-16)17(21-18(23)24)22(3)14-8-6-13(19)7-9-14/h4-10,12H,11H2,1-3H3. The quantitative estimate of drug-likeness (QED) is 0.654. The summed E-state index contributed by atoms with van der Waals surface area (Å²) in [7, 11) is 1.87. The molecule has 0 atom stereocenters. The van der Waals surface area contributed by atoms with Crippen molar-refractivity contribution >= 4 is 38.5 Å². The van der Waals surface area contributed by atoms with Crippen molar-refractivity contribution in [3.63, 3.8) is 0 Å². The largest absolute Gasteiger partial charge is 0.407 e. The molecule has 0 saturated heterocycles. The van der Waals surface area contributed by atoms with Crippen LogP contribution in [0.5, 0.6) is 0 Å². The first-order valence-corrected chi connectivity index (χ1v) is 8.77. The average molecular weight is 403 g/mol. The van der Waals surface area contributed by atoms with Crippen molar-refractivity contribution in [2.45, 2.75) is 13.8 Å². The van der Waals surface area contributed by atoms with Gasteiger partial charge in [0.15, 0.2) is 5.65 Å². The minimum Gasteiger partial charge on any atom is -0.407 e. The smallest absolute Gasteiger partial charge is 0.384 e. The predicted molar refractivity (Wildman–Crippen MR) is 102 cm³/mol. The average Bonchev–Trinajstić information content (AvgIpc) is 2.60. The van der Waals surface area contributed by atoms with Gasteiger partial charge in [-0.1, -0.05) is 29.8 Å². The van der Waals surface area contributed by atoms with Crippen LogP contribution < -0.4 is 15.4 Å². The molecule has 0 spiro atoms. The van der Waals surface area contributed by atoms with Gasteiger partial charge in [-0.05, 0) is 42.3 Å². The molecule has 3 aromatic rings. The first kappa shape index (κ1) is 17.4. The molecule has 1 aromatic carbocycles. The lowest BCUT2D eigenvalue weighted by Crippen LogP contribution is -2.33. The Kier molecular flexibility index (Phi) is 5.03. The Morgan fingerprint density at radius 2 is 1.96 bits per heavy atom. The summed E-state index contributed by atoms with van der Waals surface area (Å²) in [5, 5.41) is 0.747. The fourth-order valence-electron chi connectivity index (χ4n) is 2.40. The fourth-order valence-corrected chi connectivity index (χ4v) is 2.67. The first-order valence-electron chi connectivity index (χ1n) is 7.97. The van der Waals surface area contributed by atoms with Crippen LogP contribution in [0, 0.1) is 5.92 Å². The fraction of sp³-hybridized carbons (Fsp3) is 0.278. The van der Waals surface area contributed by atoms with Crippen molar-refractivity contribution in [1.82, 2.24) is 14.7 Å². The summed E-state index contributed by atoms with van der Waals surface area (Å²) < 4.78 is 2.16. The van der Waals surface area contributed by atoms with Gasteiger partial charge in [0, 0.05) is 23.4 Å². The summed E-state index contributed by atoms with van der Waals surface area (Å²) in [5.41, 5.74) is 0.897. The normalized spacial score (nSPS) is 11.1. The molecule has 0 aliphatic carbocycles. The van der Waals surface area contributed by atoms with Gasteiger partial charge in [-0.2, -0.15) is 4.98 Å². The monoisotopic (exact) mass is 402 g/mol. The molecule has 0 N–H and O–H groups in total. The number of hydrogen-bond donors (Lipinski definition) is 0. The van der Waals surface area contributed by atoms with Gasteiger partial charge in [-0.25, -0.2) is 9.78 Å². The molecule has 0 bridgehead atoms. The van der Waals surface area contributed by atoms with E-state index in [4.69, 9.17) is 4.84 Å². The second-order valence-corrected chi connectivity index (χ2v) is 7.03. The van der Waals surface area contributed by atoms with Crippen molar-refractivity contribution in [3.8, 4) is 0 Å². The van der Waals surface area contributed by atoms with Gasteiger partial charge in [-0.3, -0.25) is 0 Å². The highest BCUT2D eigenvalue weighted by Gasteiger charge is 2.16. The topological polar surface area (TPSA) is 60.3 Å². The van der Waals surface area contributed by atoms with E-state index < -0.39 is 5.69 Å². The maximum absolute atomic E-state index is 12.5. The second kappa shape index (κ2) is 7.23. The van der Waals surface area contributed by atoms with Crippen LogP contribution in [0.2, 0.25) is 0 Å². The van der Waals surface area contributed by atoms with E-state index in [1.54, 1.807) is 6.20 Å². The summed E-state index contributed by atoms with van der Waals surface area (Å²) >= 11 is 3.43. The molecule has 130 valence electrons. The summed E-state index contributed by atoms with van der Waals surface area (Å²) in [4.78, 5) is 28.6. The minimum absolute atomic E-state index is 0.288. The van der Waals surface area contributed by atoms with Crippen molar-refractivity contribution < 1.29 is 4.84 Å². The maximum atomic E-state index is 12.5. The number of hydrogen-bond acceptors (Lipinski definition) is 5. The minimum atomic E-state index is -0.481. The number of nitrogens with zero attached hydrogens (tertiary/aromatic N) is 4. The van der Waals surface area contributed by atoms with Crippen molar-refractivity contribution in [2.24, 2.45) is 5.92 Å². The third-order valence-corrected chi connectivity index (χ3v) is 4.19. The van der Waals surface area contributed by atoms with E-state index >= 15 is 0 Å². The lowest BCUT2D eigenvalue weighted by atomic mass is 10.2. The number of pyridine rings is 1. The second-order valence-electron chi connectivity index (χ2n) is 6.11. The molecule has 6 nitrogen and oxygen atoms in total. The molecule has 0 aliphatic rings. The van der Waals surface area contributed by atoms with Crippen LogP contribution in [-0.4, -0.2) is 28.4 Å². The molecular formula is C18H19BrN4O2. The van der Waals surface area contributed by atoms with Gasteiger partial charge in [0.25, 0.3) is 0 Å². The Labute approximate surface area is 154 Å². The first-order chi connectivity index (χ1) is 12.0. The zero-order valence-electron chi connectivity index (χ0n) is 14.3. The molecule has 25 heavy (non-hydrogen) atoms. The zero-order chi connectivity index (χ0) is 18.0. The Hall–Kier alpha value is -2.41. The van der Waals surface area contributed by atoms with Crippen LogP contribution in [0.4, 0.5) is 11.5 Å². The van der Waals surface area contributed by atoms with Crippen molar-refractivity contribution in [2.75, 3.05) is 18.6 Å². The summed E-state index contributed by atoms with van der Waals surface area (Å²) in [6.07, 6.45) is 1.64. The van der Waals surface area contributed by atoms with E-state index in [1.165, 1.54) is 4.73 Å². The van der Waals surface area contributed by atoms with E-state index in [0.29, 0.717) is 18.1 Å². The number of anilines is 2. The van der Waals surface area contributed by atoms with Crippen molar-refractivity contribution in [1.29, 1.82) is 0 Å². The van der Waals surface area contributed by atoms with Crippen LogP contribution in [0.3, 0.4) is 0 Å². The van der Waals surface area contributed by atoms with Crippen LogP contribution >= 0.6 is 15.9 Å². The van der Waals surface area contributed by atoms with Gasteiger partial charge in [0.1, 0.15) is 12.4 Å². The number of fused-ring (bicyclic) bond motifs is 1. The Balaban J connectivity index is 2.12. The molecule has 0 saturated carbocycles. The van der Waals surface area contributed by atoms with E-state index in [1.807, 2.05) is 62.2 Å². The number of aromatic nitrogens is 3. The van der Waals surface area contributed by atoms with Gasteiger partial charge < -0.3 is 9.74 Å².